The normalized spacial score (nSPS) is 13.7. The maximum absolute atomic E-state index is 6.01. The lowest BCUT2D eigenvalue weighted by molar-refractivity contribution is -0.0237. The predicted molar refractivity (Wildman–Crippen MR) is 72.0 cm³/mol. The average molecular weight is 235 g/mol. The van der Waals surface area contributed by atoms with Gasteiger partial charge in [0.2, 0.25) is 0 Å². The van der Waals surface area contributed by atoms with Crippen molar-refractivity contribution >= 4 is 0 Å². The molecule has 0 saturated carbocycles. The molecule has 2 nitrogen and oxygen atoms in total. The molecule has 1 heterocycles. The van der Waals surface area contributed by atoms with Crippen molar-refractivity contribution in [1.82, 2.24) is 4.98 Å². The molecule has 1 atom stereocenters. The van der Waals surface area contributed by atoms with Crippen LogP contribution < -0.4 is 0 Å². The van der Waals surface area contributed by atoms with E-state index in [0.29, 0.717) is 0 Å². The monoisotopic (exact) mass is 235 g/mol. The number of aromatic nitrogens is 1. The molecule has 0 spiro atoms. The van der Waals surface area contributed by atoms with Gasteiger partial charge in [-0.25, -0.2) is 0 Å². The van der Waals surface area contributed by atoms with Crippen LogP contribution in [0.3, 0.4) is 0 Å². The van der Waals surface area contributed by atoms with Crippen LogP contribution in [-0.4, -0.2) is 11.6 Å². The SMILES string of the molecule is CCCCO[C@@H](c1ccc(C)cn1)C(C)(C)C. The number of rotatable bonds is 5. The molecule has 2 heteroatoms. The third kappa shape index (κ3) is 4.47. The second-order valence-electron chi connectivity index (χ2n) is 5.73. The maximum atomic E-state index is 6.01. The van der Waals surface area contributed by atoms with E-state index in [1.807, 2.05) is 6.20 Å². The second kappa shape index (κ2) is 6.15. The molecule has 1 aromatic rings. The Morgan fingerprint density at radius 2 is 2.00 bits per heavy atom. The number of pyridine rings is 1. The van der Waals surface area contributed by atoms with Crippen molar-refractivity contribution in [2.45, 2.75) is 53.6 Å². The molecule has 0 aliphatic heterocycles. The lowest BCUT2D eigenvalue weighted by atomic mass is 9.86. The van der Waals surface area contributed by atoms with Crippen molar-refractivity contribution in [3.05, 3.63) is 29.6 Å². The average Bonchev–Trinajstić information content (AvgIpc) is 2.25. The van der Waals surface area contributed by atoms with Crippen molar-refractivity contribution in [3.8, 4) is 0 Å². The van der Waals surface area contributed by atoms with Crippen LogP contribution in [-0.2, 0) is 4.74 Å². The van der Waals surface area contributed by atoms with E-state index < -0.39 is 0 Å². The van der Waals surface area contributed by atoms with Gasteiger partial charge in [-0.3, -0.25) is 4.98 Å². The molecule has 0 aliphatic rings. The van der Waals surface area contributed by atoms with Crippen molar-refractivity contribution in [2.24, 2.45) is 5.41 Å². The Kier molecular flexibility index (Phi) is 5.13. The van der Waals surface area contributed by atoms with Crippen LogP contribution in [0.4, 0.5) is 0 Å². The minimum Gasteiger partial charge on any atom is -0.371 e. The summed E-state index contributed by atoms with van der Waals surface area (Å²) in [7, 11) is 0. The van der Waals surface area contributed by atoms with Gasteiger partial charge in [-0.05, 0) is 30.4 Å². The minimum atomic E-state index is 0.0784. The summed E-state index contributed by atoms with van der Waals surface area (Å²) in [5, 5.41) is 0. The van der Waals surface area contributed by atoms with E-state index in [-0.39, 0.29) is 11.5 Å². The molecule has 0 fully saturated rings. The highest BCUT2D eigenvalue weighted by Crippen LogP contribution is 2.35. The van der Waals surface area contributed by atoms with E-state index in [1.54, 1.807) is 0 Å². The van der Waals surface area contributed by atoms with Gasteiger partial charge in [-0.15, -0.1) is 0 Å². The van der Waals surface area contributed by atoms with Gasteiger partial charge in [0.15, 0.2) is 0 Å². The minimum absolute atomic E-state index is 0.0784. The molecule has 0 saturated heterocycles. The fourth-order valence-electron chi connectivity index (χ4n) is 1.76. The van der Waals surface area contributed by atoms with E-state index in [9.17, 15) is 0 Å². The lowest BCUT2D eigenvalue weighted by Crippen LogP contribution is -2.22. The van der Waals surface area contributed by atoms with Gasteiger partial charge >= 0.3 is 0 Å². The highest BCUT2D eigenvalue weighted by Gasteiger charge is 2.27. The quantitative estimate of drug-likeness (QED) is 0.710. The van der Waals surface area contributed by atoms with Gasteiger partial charge in [-0.2, -0.15) is 0 Å². The maximum Gasteiger partial charge on any atom is 0.104 e. The first kappa shape index (κ1) is 14.2. The number of hydrogen-bond donors (Lipinski definition) is 0. The second-order valence-corrected chi connectivity index (χ2v) is 5.73. The zero-order valence-electron chi connectivity index (χ0n) is 11.8. The first-order chi connectivity index (χ1) is 7.95. The van der Waals surface area contributed by atoms with Crippen LogP contribution in [0.2, 0.25) is 0 Å². The summed E-state index contributed by atoms with van der Waals surface area (Å²) in [6, 6.07) is 4.18. The molecule has 17 heavy (non-hydrogen) atoms. The third-order valence-electron chi connectivity index (χ3n) is 2.77. The van der Waals surface area contributed by atoms with E-state index in [4.69, 9.17) is 4.74 Å². The number of unbranched alkanes of at least 4 members (excludes halogenated alkanes) is 1. The van der Waals surface area contributed by atoms with Crippen molar-refractivity contribution in [3.63, 3.8) is 0 Å². The molecule has 1 rings (SSSR count). The third-order valence-corrected chi connectivity index (χ3v) is 2.77. The number of ether oxygens (including phenoxy) is 1. The van der Waals surface area contributed by atoms with Gasteiger partial charge < -0.3 is 4.74 Å². The summed E-state index contributed by atoms with van der Waals surface area (Å²) in [5.41, 5.74) is 2.31. The smallest absolute Gasteiger partial charge is 0.104 e. The van der Waals surface area contributed by atoms with E-state index in [0.717, 1.165) is 25.1 Å². The fourth-order valence-corrected chi connectivity index (χ4v) is 1.76. The van der Waals surface area contributed by atoms with Crippen molar-refractivity contribution in [1.29, 1.82) is 0 Å². The molecule has 0 bridgehead atoms. The summed E-state index contributed by atoms with van der Waals surface area (Å²) in [5.74, 6) is 0. The Bertz CT molecular complexity index is 324. The topological polar surface area (TPSA) is 22.1 Å². The number of aryl methyl sites for hydroxylation is 1. The van der Waals surface area contributed by atoms with Gasteiger partial charge in [0.25, 0.3) is 0 Å². The molecule has 96 valence electrons. The van der Waals surface area contributed by atoms with Gasteiger partial charge in [0.1, 0.15) is 6.10 Å². The molecule has 0 radical (unpaired) electrons. The largest absolute Gasteiger partial charge is 0.371 e. The van der Waals surface area contributed by atoms with Crippen LogP contribution in [0.5, 0.6) is 0 Å². The molecular formula is C15H25NO. The highest BCUT2D eigenvalue weighted by molar-refractivity contribution is 5.15. The predicted octanol–water partition coefficient (Wildman–Crippen LogP) is 4.29. The van der Waals surface area contributed by atoms with E-state index in [1.165, 1.54) is 5.56 Å². The summed E-state index contributed by atoms with van der Waals surface area (Å²) < 4.78 is 6.01. The molecule has 1 aromatic heterocycles. The van der Waals surface area contributed by atoms with E-state index >= 15 is 0 Å². The summed E-state index contributed by atoms with van der Waals surface area (Å²) in [6.45, 7) is 11.6. The zero-order chi connectivity index (χ0) is 12.9. The molecular weight excluding hydrogens is 210 g/mol. The first-order valence-electron chi connectivity index (χ1n) is 6.49. The molecule has 0 aliphatic carbocycles. The van der Waals surface area contributed by atoms with Crippen LogP contribution >= 0.6 is 0 Å². The van der Waals surface area contributed by atoms with Gasteiger partial charge in [0, 0.05) is 12.8 Å². The van der Waals surface area contributed by atoms with Crippen molar-refractivity contribution in [2.75, 3.05) is 6.61 Å². The zero-order valence-corrected chi connectivity index (χ0v) is 11.8. The lowest BCUT2D eigenvalue weighted by Gasteiger charge is -2.30. The van der Waals surface area contributed by atoms with Crippen LogP contribution in [0, 0.1) is 12.3 Å². The Morgan fingerprint density at radius 3 is 2.47 bits per heavy atom. The Labute approximate surface area is 105 Å². The Balaban J connectivity index is 2.79. The summed E-state index contributed by atoms with van der Waals surface area (Å²) in [4.78, 5) is 4.50. The molecule has 0 aromatic carbocycles. The van der Waals surface area contributed by atoms with Gasteiger partial charge in [-0.1, -0.05) is 40.2 Å². The standard InChI is InChI=1S/C15H25NO/c1-6-7-10-17-14(15(3,4)5)13-9-8-12(2)11-16-13/h8-9,11,14H,6-7,10H2,1-5H3/t14-/m0/s1. The Hall–Kier alpha value is -0.890. The molecule has 0 unspecified atom stereocenters. The van der Waals surface area contributed by atoms with E-state index in [2.05, 4.69) is 51.7 Å². The van der Waals surface area contributed by atoms with Crippen LogP contribution in [0.15, 0.2) is 18.3 Å². The van der Waals surface area contributed by atoms with Gasteiger partial charge in [0.05, 0.1) is 5.69 Å². The fraction of sp³-hybridized carbons (Fsp3) is 0.667. The van der Waals surface area contributed by atoms with Crippen molar-refractivity contribution < 1.29 is 4.74 Å². The summed E-state index contributed by atoms with van der Waals surface area (Å²) >= 11 is 0. The molecule has 0 amide bonds. The molecule has 0 N–H and O–H groups in total. The van der Waals surface area contributed by atoms with Crippen LogP contribution in [0.25, 0.3) is 0 Å². The number of hydrogen-bond acceptors (Lipinski definition) is 2. The first-order valence-corrected chi connectivity index (χ1v) is 6.49. The summed E-state index contributed by atoms with van der Waals surface area (Å²) in [6.07, 6.45) is 4.27. The number of nitrogens with zero attached hydrogens (tertiary/aromatic N) is 1. The van der Waals surface area contributed by atoms with Crippen LogP contribution in [0.1, 0.15) is 57.9 Å². The Morgan fingerprint density at radius 1 is 1.29 bits per heavy atom. The highest BCUT2D eigenvalue weighted by atomic mass is 16.5.